The Balaban J connectivity index is 1.84. The van der Waals surface area contributed by atoms with Gasteiger partial charge in [-0.3, -0.25) is 4.79 Å². The number of methoxy groups -OCH3 is 1. The maximum Gasteiger partial charge on any atom is 0.238 e. The van der Waals surface area contributed by atoms with Crippen LogP contribution in [0.2, 0.25) is 0 Å². The van der Waals surface area contributed by atoms with Crippen LogP contribution in [0.1, 0.15) is 22.7 Å². The molecule has 5 heteroatoms. The Morgan fingerprint density at radius 2 is 2.14 bits per heavy atom. The van der Waals surface area contributed by atoms with Gasteiger partial charge in [-0.15, -0.1) is 11.3 Å². The number of benzene rings is 1. The summed E-state index contributed by atoms with van der Waals surface area (Å²) in [7, 11) is 1.60. The highest BCUT2D eigenvalue weighted by molar-refractivity contribution is 7.12. The van der Waals surface area contributed by atoms with Gasteiger partial charge in [0.15, 0.2) is 0 Å². The summed E-state index contributed by atoms with van der Waals surface area (Å²) < 4.78 is 5.13. The number of carbonyl (C=O) groups is 1. The highest BCUT2D eigenvalue weighted by atomic mass is 32.1. The zero-order valence-electron chi connectivity index (χ0n) is 12.5. The first-order valence-electron chi connectivity index (χ1n) is 6.82. The van der Waals surface area contributed by atoms with Crippen LogP contribution in [0, 0.1) is 6.92 Å². The fraction of sp³-hybridized carbons (Fsp3) is 0.312. The summed E-state index contributed by atoms with van der Waals surface area (Å²) in [6.45, 7) is 4.41. The van der Waals surface area contributed by atoms with Crippen molar-refractivity contribution in [3.8, 4) is 5.75 Å². The topological polar surface area (TPSA) is 50.4 Å². The van der Waals surface area contributed by atoms with Crippen LogP contribution >= 0.6 is 11.3 Å². The molecule has 1 aromatic carbocycles. The van der Waals surface area contributed by atoms with E-state index in [-0.39, 0.29) is 18.5 Å². The molecular formula is C16H20N2O2S. The van der Waals surface area contributed by atoms with Crippen molar-refractivity contribution >= 4 is 22.9 Å². The van der Waals surface area contributed by atoms with Gasteiger partial charge < -0.3 is 15.4 Å². The molecule has 4 nitrogen and oxygen atoms in total. The van der Waals surface area contributed by atoms with Crippen LogP contribution < -0.4 is 15.4 Å². The Morgan fingerprint density at radius 3 is 2.81 bits per heavy atom. The molecule has 0 aliphatic rings. The van der Waals surface area contributed by atoms with Crippen molar-refractivity contribution in [2.24, 2.45) is 0 Å². The summed E-state index contributed by atoms with van der Waals surface area (Å²) >= 11 is 1.75. The van der Waals surface area contributed by atoms with E-state index in [4.69, 9.17) is 4.74 Å². The number of ether oxygens (including phenoxy) is 1. The summed E-state index contributed by atoms with van der Waals surface area (Å²) in [4.78, 5) is 14.5. The summed E-state index contributed by atoms with van der Waals surface area (Å²) in [6.07, 6.45) is 0. The van der Waals surface area contributed by atoms with Crippen LogP contribution in [0.3, 0.4) is 0 Å². The van der Waals surface area contributed by atoms with Crippen LogP contribution in [0.5, 0.6) is 5.75 Å². The zero-order valence-corrected chi connectivity index (χ0v) is 13.3. The van der Waals surface area contributed by atoms with E-state index in [0.29, 0.717) is 0 Å². The minimum absolute atomic E-state index is 0.0663. The molecule has 2 aromatic rings. The SMILES string of the molecule is COc1cccc(NC(=O)CNC(C)c2ccc(C)s2)c1. The van der Waals surface area contributed by atoms with Gasteiger partial charge in [-0.1, -0.05) is 6.07 Å². The zero-order chi connectivity index (χ0) is 15.2. The van der Waals surface area contributed by atoms with E-state index in [1.54, 1.807) is 24.5 Å². The Hall–Kier alpha value is -1.85. The van der Waals surface area contributed by atoms with Crippen molar-refractivity contribution < 1.29 is 9.53 Å². The number of rotatable bonds is 6. The Labute approximate surface area is 129 Å². The van der Waals surface area contributed by atoms with Crippen LogP contribution in [0.4, 0.5) is 5.69 Å². The highest BCUT2D eigenvalue weighted by Gasteiger charge is 2.09. The number of anilines is 1. The van der Waals surface area contributed by atoms with Gasteiger partial charge in [0.2, 0.25) is 5.91 Å². The van der Waals surface area contributed by atoms with Crippen molar-refractivity contribution in [2.75, 3.05) is 19.0 Å². The molecule has 2 N–H and O–H groups in total. The minimum atomic E-state index is -0.0663. The monoisotopic (exact) mass is 304 g/mol. The normalized spacial score (nSPS) is 12.0. The minimum Gasteiger partial charge on any atom is -0.497 e. The lowest BCUT2D eigenvalue weighted by molar-refractivity contribution is -0.115. The van der Waals surface area contributed by atoms with Gasteiger partial charge in [0.05, 0.1) is 13.7 Å². The highest BCUT2D eigenvalue weighted by Crippen LogP contribution is 2.22. The van der Waals surface area contributed by atoms with Gasteiger partial charge in [-0.25, -0.2) is 0 Å². The third-order valence-electron chi connectivity index (χ3n) is 3.11. The molecule has 21 heavy (non-hydrogen) atoms. The first-order chi connectivity index (χ1) is 10.1. The van der Waals surface area contributed by atoms with Crippen LogP contribution in [0.25, 0.3) is 0 Å². The smallest absolute Gasteiger partial charge is 0.238 e. The lowest BCUT2D eigenvalue weighted by Crippen LogP contribution is -2.29. The number of amides is 1. The molecule has 112 valence electrons. The second kappa shape index (κ2) is 7.24. The molecule has 0 fully saturated rings. The van der Waals surface area contributed by atoms with E-state index >= 15 is 0 Å². The number of nitrogens with one attached hydrogen (secondary N) is 2. The number of aryl methyl sites for hydroxylation is 1. The van der Waals surface area contributed by atoms with E-state index in [2.05, 4.69) is 36.6 Å². The molecular weight excluding hydrogens is 284 g/mol. The first kappa shape index (κ1) is 15.5. The maximum absolute atomic E-state index is 11.9. The van der Waals surface area contributed by atoms with E-state index in [1.807, 2.05) is 18.2 Å². The van der Waals surface area contributed by atoms with Crippen LogP contribution in [0.15, 0.2) is 36.4 Å². The predicted molar refractivity (Wildman–Crippen MR) is 87.1 cm³/mol. The van der Waals surface area contributed by atoms with Gasteiger partial charge in [-0.05, 0) is 38.1 Å². The van der Waals surface area contributed by atoms with Gasteiger partial charge >= 0.3 is 0 Å². The van der Waals surface area contributed by atoms with E-state index in [9.17, 15) is 4.79 Å². The summed E-state index contributed by atoms with van der Waals surface area (Å²) in [5.74, 6) is 0.659. The van der Waals surface area contributed by atoms with Gasteiger partial charge in [0.1, 0.15) is 5.75 Å². The van der Waals surface area contributed by atoms with Crippen molar-refractivity contribution in [3.63, 3.8) is 0 Å². The fourth-order valence-electron chi connectivity index (χ4n) is 1.94. The lowest BCUT2D eigenvalue weighted by Gasteiger charge is -2.12. The molecule has 0 aliphatic heterocycles. The molecule has 1 heterocycles. The molecule has 0 radical (unpaired) electrons. The number of hydrogen-bond donors (Lipinski definition) is 2. The average Bonchev–Trinajstić information content (AvgIpc) is 2.91. The standard InChI is InChI=1S/C16H20N2O2S/c1-11-7-8-15(21-11)12(2)17-10-16(19)18-13-5-4-6-14(9-13)20-3/h4-9,12,17H,10H2,1-3H3,(H,18,19). The number of hydrogen-bond acceptors (Lipinski definition) is 4. The molecule has 0 bridgehead atoms. The summed E-state index contributed by atoms with van der Waals surface area (Å²) in [6, 6.07) is 11.7. The Bertz CT molecular complexity index is 610. The van der Waals surface area contributed by atoms with Crippen LogP contribution in [-0.2, 0) is 4.79 Å². The third-order valence-corrected chi connectivity index (χ3v) is 4.29. The van der Waals surface area contributed by atoms with Crippen molar-refractivity contribution in [3.05, 3.63) is 46.2 Å². The quantitative estimate of drug-likeness (QED) is 0.860. The second-order valence-corrected chi connectivity index (χ2v) is 6.15. The molecule has 0 aliphatic carbocycles. The lowest BCUT2D eigenvalue weighted by atomic mass is 10.2. The molecule has 1 amide bonds. The Morgan fingerprint density at radius 1 is 1.33 bits per heavy atom. The van der Waals surface area contributed by atoms with Gasteiger partial charge in [-0.2, -0.15) is 0 Å². The third kappa shape index (κ3) is 4.58. The number of thiophene rings is 1. The molecule has 1 aromatic heterocycles. The molecule has 1 atom stereocenters. The molecule has 0 spiro atoms. The Kier molecular flexibility index (Phi) is 5.36. The van der Waals surface area contributed by atoms with E-state index in [0.717, 1.165) is 11.4 Å². The summed E-state index contributed by atoms with van der Waals surface area (Å²) in [5, 5.41) is 6.08. The molecule has 2 rings (SSSR count). The van der Waals surface area contributed by atoms with E-state index in [1.165, 1.54) is 9.75 Å². The maximum atomic E-state index is 11.9. The van der Waals surface area contributed by atoms with E-state index < -0.39 is 0 Å². The molecule has 0 saturated carbocycles. The van der Waals surface area contributed by atoms with Gasteiger partial charge in [0, 0.05) is 27.5 Å². The molecule has 1 unspecified atom stereocenters. The second-order valence-electron chi connectivity index (χ2n) is 4.83. The first-order valence-corrected chi connectivity index (χ1v) is 7.64. The van der Waals surface area contributed by atoms with Crippen molar-refractivity contribution in [2.45, 2.75) is 19.9 Å². The van der Waals surface area contributed by atoms with Gasteiger partial charge in [0.25, 0.3) is 0 Å². The van der Waals surface area contributed by atoms with Crippen molar-refractivity contribution in [1.29, 1.82) is 0 Å². The number of carbonyl (C=O) groups excluding carboxylic acids is 1. The fourth-order valence-corrected chi connectivity index (χ4v) is 2.84. The summed E-state index contributed by atoms with van der Waals surface area (Å²) in [5.41, 5.74) is 0.737. The predicted octanol–water partition coefficient (Wildman–Crippen LogP) is 3.35. The average molecular weight is 304 g/mol. The largest absolute Gasteiger partial charge is 0.497 e. The van der Waals surface area contributed by atoms with Crippen molar-refractivity contribution in [1.82, 2.24) is 5.32 Å². The molecule has 0 saturated heterocycles. The van der Waals surface area contributed by atoms with Crippen LogP contribution in [-0.4, -0.2) is 19.6 Å².